The Kier molecular flexibility index (Phi) is 7.65. The smallest absolute Gasteiger partial charge is 0.408 e. The summed E-state index contributed by atoms with van der Waals surface area (Å²) in [5.41, 5.74) is 0. The van der Waals surface area contributed by atoms with Crippen LogP contribution >= 0.6 is 0 Å². The Bertz CT molecular complexity index is 656. The van der Waals surface area contributed by atoms with Crippen LogP contribution in [0.1, 0.15) is 39.5 Å². The van der Waals surface area contributed by atoms with E-state index in [2.05, 4.69) is 16.0 Å². The van der Waals surface area contributed by atoms with Gasteiger partial charge in [0.15, 0.2) is 6.29 Å². The number of rotatable bonds is 9. The highest BCUT2D eigenvalue weighted by atomic mass is 16.7. The van der Waals surface area contributed by atoms with Crippen LogP contribution in [-0.4, -0.2) is 68.4 Å². The summed E-state index contributed by atoms with van der Waals surface area (Å²) >= 11 is 0. The first kappa shape index (κ1) is 22.5. The van der Waals surface area contributed by atoms with Crippen LogP contribution < -0.4 is 16.0 Å². The Balaban J connectivity index is 1.54. The number of amides is 3. The van der Waals surface area contributed by atoms with Gasteiger partial charge in [0.25, 0.3) is 0 Å². The lowest BCUT2D eigenvalue weighted by Gasteiger charge is -2.24. The summed E-state index contributed by atoms with van der Waals surface area (Å²) in [6.07, 6.45) is 1.19. The molecule has 3 rings (SSSR count). The fraction of sp³-hybridized carbons (Fsp3) is 0.800. The minimum atomic E-state index is -0.852. The van der Waals surface area contributed by atoms with Crippen molar-refractivity contribution in [3.05, 3.63) is 0 Å². The Morgan fingerprint density at radius 1 is 1.27 bits per heavy atom. The van der Waals surface area contributed by atoms with Gasteiger partial charge in [-0.1, -0.05) is 13.8 Å². The van der Waals surface area contributed by atoms with Crippen LogP contribution in [0.4, 0.5) is 4.79 Å². The number of hydrogen-bond acceptors (Lipinski definition) is 7. The third kappa shape index (κ3) is 5.69. The van der Waals surface area contributed by atoms with Gasteiger partial charge >= 0.3 is 6.09 Å². The molecule has 0 aromatic rings. The number of hydrogen-bond donors (Lipinski definition) is 3. The minimum absolute atomic E-state index is 0.00475. The van der Waals surface area contributed by atoms with Crippen molar-refractivity contribution < 1.29 is 33.4 Å². The Morgan fingerprint density at radius 2 is 2.07 bits per heavy atom. The van der Waals surface area contributed by atoms with Crippen molar-refractivity contribution in [3.63, 3.8) is 0 Å². The molecule has 3 aliphatic rings. The number of ether oxygens (including phenoxy) is 3. The normalized spacial score (nSPS) is 29.8. The summed E-state index contributed by atoms with van der Waals surface area (Å²) in [5.74, 6) is -0.750. The number of carbonyl (C=O) groups is 4. The maximum absolute atomic E-state index is 12.8. The Labute approximate surface area is 175 Å². The lowest BCUT2D eigenvalue weighted by atomic mass is 9.98. The van der Waals surface area contributed by atoms with Gasteiger partial charge in [0.2, 0.25) is 11.8 Å². The van der Waals surface area contributed by atoms with E-state index in [1.165, 1.54) is 0 Å². The van der Waals surface area contributed by atoms with E-state index in [1.54, 1.807) is 0 Å². The predicted molar refractivity (Wildman–Crippen MR) is 104 cm³/mol. The molecule has 10 nitrogen and oxygen atoms in total. The van der Waals surface area contributed by atoms with Gasteiger partial charge in [-0.15, -0.1) is 0 Å². The van der Waals surface area contributed by atoms with Crippen LogP contribution in [0, 0.1) is 17.8 Å². The molecule has 0 aromatic heterocycles. The molecular weight excluding hydrogens is 394 g/mol. The van der Waals surface area contributed by atoms with Gasteiger partial charge < -0.3 is 35.0 Å². The molecule has 0 aliphatic carbocycles. The number of aldehydes is 1. The third-order valence-corrected chi connectivity index (χ3v) is 5.75. The van der Waals surface area contributed by atoms with Crippen LogP contribution in [-0.2, 0) is 28.6 Å². The molecule has 3 saturated heterocycles. The minimum Gasteiger partial charge on any atom is -0.443 e. The summed E-state index contributed by atoms with van der Waals surface area (Å²) in [4.78, 5) is 48.4. The van der Waals surface area contributed by atoms with E-state index in [9.17, 15) is 19.2 Å². The molecule has 30 heavy (non-hydrogen) atoms. The fourth-order valence-electron chi connectivity index (χ4n) is 4.17. The van der Waals surface area contributed by atoms with Crippen LogP contribution in [0.2, 0.25) is 0 Å². The van der Waals surface area contributed by atoms with Crippen molar-refractivity contribution >= 4 is 24.2 Å². The molecular formula is C20H31N3O7. The fourth-order valence-corrected chi connectivity index (χ4v) is 4.17. The van der Waals surface area contributed by atoms with Gasteiger partial charge in [0.05, 0.1) is 25.2 Å². The average molecular weight is 425 g/mol. The Hall–Kier alpha value is -2.20. The number of fused-ring (bicyclic) bond motifs is 1. The first-order chi connectivity index (χ1) is 14.4. The highest BCUT2D eigenvalue weighted by molar-refractivity contribution is 5.88. The quantitative estimate of drug-likeness (QED) is 0.446. The molecule has 168 valence electrons. The first-order valence-electron chi connectivity index (χ1n) is 10.6. The highest BCUT2D eigenvalue weighted by Crippen LogP contribution is 2.33. The Morgan fingerprint density at radius 3 is 2.73 bits per heavy atom. The second-order valence-electron chi connectivity index (χ2n) is 8.56. The van der Waals surface area contributed by atoms with Gasteiger partial charge in [-0.3, -0.25) is 9.59 Å². The van der Waals surface area contributed by atoms with Crippen molar-refractivity contribution in [1.82, 2.24) is 16.0 Å². The molecule has 0 spiro atoms. The zero-order valence-corrected chi connectivity index (χ0v) is 17.4. The topological polar surface area (TPSA) is 132 Å². The molecule has 3 N–H and O–H groups in total. The van der Waals surface area contributed by atoms with Gasteiger partial charge in [-0.2, -0.15) is 0 Å². The molecule has 0 unspecified atom stereocenters. The lowest BCUT2D eigenvalue weighted by Crippen LogP contribution is -2.51. The number of alkyl carbamates (subject to hydrolysis) is 1. The van der Waals surface area contributed by atoms with E-state index in [1.807, 2.05) is 13.8 Å². The summed E-state index contributed by atoms with van der Waals surface area (Å²) in [6.45, 7) is 5.27. The predicted octanol–water partition coefficient (Wildman–Crippen LogP) is 0.0986. The maximum atomic E-state index is 12.8. The van der Waals surface area contributed by atoms with E-state index in [0.29, 0.717) is 32.3 Å². The second kappa shape index (κ2) is 10.2. The zero-order valence-electron chi connectivity index (χ0n) is 17.4. The van der Waals surface area contributed by atoms with Crippen molar-refractivity contribution in [2.24, 2.45) is 17.8 Å². The molecule has 0 radical (unpaired) electrons. The van der Waals surface area contributed by atoms with Crippen LogP contribution in [0.15, 0.2) is 0 Å². The monoisotopic (exact) mass is 425 g/mol. The first-order valence-corrected chi connectivity index (χ1v) is 10.6. The molecule has 3 fully saturated rings. The van der Waals surface area contributed by atoms with E-state index in [4.69, 9.17) is 14.2 Å². The molecule has 10 heteroatoms. The van der Waals surface area contributed by atoms with E-state index < -0.39 is 30.2 Å². The van der Waals surface area contributed by atoms with Gasteiger partial charge in [0.1, 0.15) is 18.4 Å². The molecule has 3 amide bonds. The van der Waals surface area contributed by atoms with Gasteiger partial charge in [-0.25, -0.2) is 4.79 Å². The van der Waals surface area contributed by atoms with Crippen LogP contribution in [0.5, 0.6) is 0 Å². The lowest BCUT2D eigenvalue weighted by molar-refractivity contribution is -0.127. The van der Waals surface area contributed by atoms with Crippen LogP contribution in [0.25, 0.3) is 0 Å². The van der Waals surface area contributed by atoms with Crippen molar-refractivity contribution in [2.75, 3.05) is 19.8 Å². The number of carbonyl (C=O) groups excluding carboxylic acids is 4. The molecule has 6 atom stereocenters. The zero-order chi connectivity index (χ0) is 21.7. The van der Waals surface area contributed by atoms with E-state index in [-0.39, 0.29) is 43.0 Å². The standard InChI is InChI=1S/C20H31N3O7/c1-11(2)7-15(18(26)22-13(9-24)8-12-3-5-21-17(12)25)23-20(27)30-16-10-29-19-14(16)4-6-28-19/h9,11-16,19H,3-8,10H2,1-2H3,(H,21,25)(H,22,26)(H,23,27)/t12-,13-,14-,15-,16-,19+/m0/s1. The van der Waals surface area contributed by atoms with Gasteiger partial charge in [-0.05, 0) is 31.6 Å². The maximum Gasteiger partial charge on any atom is 0.408 e. The molecule has 0 saturated carbocycles. The molecule has 3 aliphatic heterocycles. The van der Waals surface area contributed by atoms with Crippen molar-refractivity contribution in [3.8, 4) is 0 Å². The summed E-state index contributed by atoms with van der Waals surface area (Å²) in [6, 6.07) is -1.64. The van der Waals surface area contributed by atoms with E-state index in [0.717, 1.165) is 6.42 Å². The third-order valence-electron chi connectivity index (χ3n) is 5.75. The van der Waals surface area contributed by atoms with E-state index >= 15 is 0 Å². The molecule has 3 heterocycles. The van der Waals surface area contributed by atoms with Crippen molar-refractivity contribution in [1.29, 1.82) is 0 Å². The van der Waals surface area contributed by atoms with Crippen LogP contribution in [0.3, 0.4) is 0 Å². The largest absolute Gasteiger partial charge is 0.443 e. The van der Waals surface area contributed by atoms with Crippen molar-refractivity contribution in [2.45, 2.75) is 64.0 Å². The molecule has 0 bridgehead atoms. The second-order valence-corrected chi connectivity index (χ2v) is 8.56. The highest BCUT2D eigenvalue weighted by Gasteiger charge is 2.44. The summed E-state index contributed by atoms with van der Waals surface area (Å²) < 4.78 is 16.4. The van der Waals surface area contributed by atoms with Gasteiger partial charge in [0, 0.05) is 12.5 Å². The summed E-state index contributed by atoms with van der Waals surface area (Å²) in [5, 5.41) is 7.99. The SMILES string of the molecule is CC(C)C[C@H](NC(=O)O[C@H]1CO[C@H]2OCC[C@H]21)C(=O)N[C@H](C=O)C[C@@H]1CCNC1=O. The summed E-state index contributed by atoms with van der Waals surface area (Å²) in [7, 11) is 0. The molecule has 0 aromatic carbocycles. The number of nitrogens with one attached hydrogen (secondary N) is 3. The average Bonchev–Trinajstić information content (AvgIpc) is 3.40.